The summed E-state index contributed by atoms with van der Waals surface area (Å²) in [6.45, 7) is 3.81. The van der Waals surface area contributed by atoms with Crippen molar-refractivity contribution in [3.05, 3.63) is 52.1 Å². The number of nitro benzene ring substituents is 1. The van der Waals surface area contributed by atoms with Gasteiger partial charge in [0, 0.05) is 31.1 Å². The van der Waals surface area contributed by atoms with Crippen molar-refractivity contribution in [1.29, 1.82) is 0 Å². The van der Waals surface area contributed by atoms with Crippen molar-refractivity contribution in [2.45, 2.75) is 29.9 Å². The van der Waals surface area contributed by atoms with Gasteiger partial charge in [-0.2, -0.15) is 0 Å². The molecule has 0 aliphatic heterocycles. The maximum absolute atomic E-state index is 12.5. The van der Waals surface area contributed by atoms with Crippen LogP contribution >= 0.6 is 11.8 Å². The number of ketones is 1. The van der Waals surface area contributed by atoms with Crippen LogP contribution in [0.5, 0.6) is 0 Å². The predicted molar refractivity (Wildman–Crippen MR) is 92.1 cm³/mol. The Hall–Kier alpha value is -3.08. The summed E-state index contributed by atoms with van der Waals surface area (Å²) in [5.74, 6) is -0.174. The molecule has 10 nitrogen and oxygen atoms in total. The summed E-state index contributed by atoms with van der Waals surface area (Å²) in [5, 5.41) is 23.3. The maximum Gasteiger partial charge on any atom is 0.284 e. The van der Waals surface area contributed by atoms with Gasteiger partial charge in [-0.25, -0.2) is 9.67 Å². The Balaban J connectivity index is 1.97. The van der Waals surface area contributed by atoms with Gasteiger partial charge in [0.05, 0.1) is 15.9 Å². The van der Waals surface area contributed by atoms with Crippen molar-refractivity contribution >= 4 is 23.2 Å². The molecule has 0 radical (unpaired) electrons. The molecule has 2 heterocycles. The Kier molecular flexibility index (Phi) is 4.80. The van der Waals surface area contributed by atoms with Crippen LogP contribution in [0.3, 0.4) is 0 Å². The number of tetrazole rings is 1. The highest BCUT2D eigenvalue weighted by Gasteiger charge is 2.23. The first-order valence-electron chi connectivity index (χ1n) is 7.64. The van der Waals surface area contributed by atoms with E-state index in [1.54, 1.807) is 22.5 Å². The van der Waals surface area contributed by atoms with E-state index in [-0.39, 0.29) is 28.9 Å². The highest BCUT2D eigenvalue weighted by Crippen LogP contribution is 2.35. The molecule has 0 amide bonds. The van der Waals surface area contributed by atoms with Crippen molar-refractivity contribution in [3.63, 3.8) is 0 Å². The van der Waals surface area contributed by atoms with Crippen LogP contribution in [0.2, 0.25) is 0 Å². The topological polar surface area (TPSA) is 122 Å². The number of imidazole rings is 1. The molecule has 0 saturated carbocycles. The number of hydrogen-bond acceptors (Lipinski definition) is 8. The third-order valence-electron chi connectivity index (χ3n) is 3.60. The molecule has 0 aliphatic rings. The Morgan fingerprint density at radius 2 is 2.12 bits per heavy atom. The van der Waals surface area contributed by atoms with Gasteiger partial charge in [0.1, 0.15) is 0 Å². The Morgan fingerprint density at radius 1 is 1.35 bits per heavy atom. The first-order chi connectivity index (χ1) is 12.4. The third kappa shape index (κ3) is 3.33. The van der Waals surface area contributed by atoms with E-state index in [0.29, 0.717) is 10.1 Å². The van der Waals surface area contributed by atoms with Crippen molar-refractivity contribution in [3.8, 4) is 0 Å². The molecule has 0 aliphatic carbocycles. The summed E-state index contributed by atoms with van der Waals surface area (Å²) in [7, 11) is 1.69. The Bertz CT molecular complexity index is 979. The second-order valence-electron chi connectivity index (χ2n) is 5.73. The SMILES string of the molecule is CC(C)n1nnnc1Sc1ccc(C(=O)c2nccn2C)cc1[N+](=O)[O-]. The molecule has 26 heavy (non-hydrogen) atoms. The molecule has 134 valence electrons. The zero-order valence-corrected chi connectivity index (χ0v) is 15.0. The quantitative estimate of drug-likeness (QED) is 0.366. The van der Waals surface area contributed by atoms with Crippen molar-refractivity contribution in [2.75, 3.05) is 0 Å². The highest BCUT2D eigenvalue weighted by atomic mass is 32.2. The number of carbonyl (C=O) groups is 1. The lowest BCUT2D eigenvalue weighted by Crippen LogP contribution is -2.09. The molecule has 0 saturated heterocycles. The number of nitro groups is 1. The van der Waals surface area contributed by atoms with E-state index in [4.69, 9.17) is 0 Å². The molecule has 0 fully saturated rings. The van der Waals surface area contributed by atoms with Gasteiger partial charge >= 0.3 is 0 Å². The van der Waals surface area contributed by atoms with E-state index in [0.717, 1.165) is 11.8 Å². The lowest BCUT2D eigenvalue weighted by molar-refractivity contribution is -0.387. The van der Waals surface area contributed by atoms with E-state index < -0.39 is 4.92 Å². The number of rotatable bonds is 6. The van der Waals surface area contributed by atoms with E-state index in [1.165, 1.54) is 24.4 Å². The molecule has 3 rings (SSSR count). The zero-order chi connectivity index (χ0) is 18.8. The molecule has 0 N–H and O–H groups in total. The first kappa shape index (κ1) is 17.7. The van der Waals surface area contributed by atoms with E-state index in [2.05, 4.69) is 20.5 Å². The number of carbonyl (C=O) groups excluding carboxylic acids is 1. The van der Waals surface area contributed by atoms with Gasteiger partial charge in [0.15, 0.2) is 5.82 Å². The van der Waals surface area contributed by atoms with Crippen molar-refractivity contribution in [2.24, 2.45) is 7.05 Å². The Labute approximate surface area is 152 Å². The lowest BCUT2D eigenvalue weighted by Gasteiger charge is -2.08. The number of aryl methyl sites for hydroxylation is 1. The number of hydrogen-bond donors (Lipinski definition) is 0. The smallest absolute Gasteiger partial charge is 0.284 e. The fourth-order valence-electron chi connectivity index (χ4n) is 2.28. The molecule has 0 unspecified atom stereocenters. The number of nitrogens with zero attached hydrogens (tertiary/aromatic N) is 7. The zero-order valence-electron chi connectivity index (χ0n) is 14.2. The Morgan fingerprint density at radius 3 is 2.73 bits per heavy atom. The van der Waals surface area contributed by atoms with Crippen LogP contribution in [0.4, 0.5) is 5.69 Å². The van der Waals surface area contributed by atoms with Crippen LogP contribution in [0, 0.1) is 10.1 Å². The third-order valence-corrected chi connectivity index (χ3v) is 4.61. The molecule has 0 spiro atoms. The summed E-state index contributed by atoms with van der Waals surface area (Å²) >= 11 is 1.08. The molecule has 3 aromatic rings. The first-order valence-corrected chi connectivity index (χ1v) is 8.46. The number of aromatic nitrogens is 6. The van der Waals surface area contributed by atoms with Gasteiger partial charge in [-0.1, -0.05) is 0 Å². The minimum atomic E-state index is -0.527. The van der Waals surface area contributed by atoms with Crippen LogP contribution in [-0.4, -0.2) is 40.5 Å². The van der Waals surface area contributed by atoms with E-state index >= 15 is 0 Å². The summed E-state index contributed by atoms with van der Waals surface area (Å²) < 4.78 is 3.13. The second-order valence-corrected chi connectivity index (χ2v) is 6.74. The van der Waals surface area contributed by atoms with Crippen LogP contribution in [0.1, 0.15) is 36.1 Å². The van der Waals surface area contributed by atoms with Gasteiger partial charge in [-0.05, 0) is 48.2 Å². The average Bonchev–Trinajstić information content (AvgIpc) is 3.23. The molecular formula is C15H15N7O3S. The van der Waals surface area contributed by atoms with Gasteiger partial charge in [0.25, 0.3) is 5.69 Å². The van der Waals surface area contributed by atoms with Gasteiger partial charge < -0.3 is 4.57 Å². The van der Waals surface area contributed by atoms with Crippen LogP contribution in [0.25, 0.3) is 0 Å². The summed E-state index contributed by atoms with van der Waals surface area (Å²) in [6.07, 6.45) is 3.13. The summed E-state index contributed by atoms with van der Waals surface area (Å²) in [4.78, 5) is 27.8. The predicted octanol–water partition coefficient (Wildman–Crippen LogP) is 2.28. The minimum absolute atomic E-state index is 0.0100. The standard InChI is InChI=1S/C15H15N7O3S/c1-9(2)21-15(17-18-19-21)26-12-5-4-10(8-11(12)22(24)25)13(23)14-16-6-7-20(14)3/h4-9H,1-3H3. The van der Waals surface area contributed by atoms with Crippen molar-refractivity contribution < 1.29 is 9.72 Å². The maximum atomic E-state index is 12.5. The highest BCUT2D eigenvalue weighted by molar-refractivity contribution is 7.99. The summed E-state index contributed by atoms with van der Waals surface area (Å²) in [5.41, 5.74) is 0.00664. The second kappa shape index (κ2) is 7.04. The largest absolute Gasteiger partial charge is 0.331 e. The molecular weight excluding hydrogens is 358 g/mol. The van der Waals surface area contributed by atoms with E-state index in [1.807, 2.05) is 13.8 Å². The lowest BCUT2D eigenvalue weighted by atomic mass is 10.1. The van der Waals surface area contributed by atoms with Crippen molar-refractivity contribution in [1.82, 2.24) is 29.8 Å². The molecule has 1 aromatic carbocycles. The fraction of sp³-hybridized carbons (Fsp3) is 0.267. The van der Waals surface area contributed by atoms with Gasteiger partial charge in [-0.3, -0.25) is 14.9 Å². The van der Waals surface area contributed by atoms with Crippen LogP contribution < -0.4 is 0 Å². The van der Waals surface area contributed by atoms with E-state index in [9.17, 15) is 14.9 Å². The van der Waals surface area contributed by atoms with Crippen LogP contribution in [-0.2, 0) is 7.05 Å². The summed E-state index contributed by atoms with van der Waals surface area (Å²) in [6, 6.07) is 4.33. The monoisotopic (exact) mass is 373 g/mol. The molecule has 0 atom stereocenters. The van der Waals surface area contributed by atoms with Gasteiger partial charge in [0.2, 0.25) is 10.9 Å². The molecule has 0 bridgehead atoms. The molecule has 2 aromatic heterocycles. The normalized spacial score (nSPS) is 11.1. The van der Waals surface area contributed by atoms with Crippen LogP contribution in [0.15, 0.2) is 40.6 Å². The average molecular weight is 373 g/mol. The van der Waals surface area contributed by atoms with Gasteiger partial charge in [-0.15, -0.1) is 5.10 Å². The number of benzene rings is 1. The minimum Gasteiger partial charge on any atom is -0.331 e. The fourth-order valence-corrected chi connectivity index (χ4v) is 3.27. The molecule has 11 heteroatoms.